The first-order valence-corrected chi connectivity index (χ1v) is 5.78. The predicted octanol–water partition coefficient (Wildman–Crippen LogP) is 2.90. The van der Waals surface area contributed by atoms with Crippen molar-refractivity contribution in [3.63, 3.8) is 0 Å². The molecule has 0 saturated heterocycles. The van der Waals surface area contributed by atoms with Gasteiger partial charge in [0, 0.05) is 18.8 Å². The quantitative estimate of drug-likeness (QED) is 0.614. The number of aromatic nitrogens is 1. The van der Waals surface area contributed by atoms with Gasteiger partial charge in [-0.3, -0.25) is 0 Å². The first-order chi connectivity index (χ1) is 8.70. The molecule has 0 bridgehead atoms. The van der Waals surface area contributed by atoms with Crippen LogP contribution in [0.3, 0.4) is 0 Å². The molecule has 0 fully saturated rings. The fourth-order valence-corrected chi connectivity index (χ4v) is 1.77. The molecule has 0 N–H and O–H groups in total. The average Bonchev–Trinajstić information content (AvgIpc) is 2.72. The molecule has 1 aromatic carbocycles. The summed E-state index contributed by atoms with van der Waals surface area (Å²) in [6, 6.07) is 6.55. The zero-order chi connectivity index (χ0) is 13.0. The molecule has 2 aromatic rings. The van der Waals surface area contributed by atoms with Gasteiger partial charge in [0.15, 0.2) is 0 Å². The summed E-state index contributed by atoms with van der Waals surface area (Å²) in [6.07, 6.45) is 4.94. The van der Waals surface area contributed by atoms with E-state index in [1.54, 1.807) is 19.1 Å². The summed E-state index contributed by atoms with van der Waals surface area (Å²) < 4.78 is 19.8. The van der Waals surface area contributed by atoms with Crippen LogP contribution in [0.5, 0.6) is 0 Å². The van der Waals surface area contributed by atoms with E-state index in [9.17, 15) is 9.18 Å². The number of fused-ring (bicyclic) bond motifs is 1. The van der Waals surface area contributed by atoms with Crippen molar-refractivity contribution in [1.82, 2.24) is 4.57 Å². The molecule has 0 aliphatic rings. The molecule has 2 rings (SSSR count). The van der Waals surface area contributed by atoms with E-state index in [1.165, 1.54) is 18.2 Å². The zero-order valence-electron chi connectivity index (χ0n) is 10.1. The van der Waals surface area contributed by atoms with E-state index in [1.807, 2.05) is 16.8 Å². The van der Waals surface area contributed by atoms with Crippen LogP contribution < -0.4 is 0 Å². The van der Waals surface area contributed by atoms with E-state index < -0.39 is 0 Å². The Morgan fingerprint density at radius 3 is 3.06 bits per heavy atom. The molecule has 94 valence electrons. The molecule has 0 radical (unpaired) electrons. The lowest BCUT2D eigenvalue weighted by molar-refractivity contribution is -0.137. The standard InChI is InChI=1S/C14H14FNO2/c1-2-18-14(17)4-3-8-16-9-7-11-5-6-12(15)10-13(11)16/h3-7,9-10H,2,8H2,1H3/b4-3+. The van der Waals surface area contributed by atoms with Gasteiger partial charge in [-0.15, -0.1) is 0 Å². The minimum Gasteiger partial charge on any atom is -0.463 e. The van der Waals surface area contributed by atoms with Crippen LogP contribution in [0, 0.1) is 5.82 Å². The van der Waals surface area contributed by atoms with Crippen LogP contribution >= 0.6 is 0 Å². The van der Waals surface area contributed by atoms with Crippen molar-refractivity contribution in [3.8, 4) is 0 Å². The molecule has 0 saturated carbocycles. The molecule has 0 spiro atoms. The molecule has 1 heterocycles. The zero-order valence-corrected chi connectivity index (χ0v) is 10.1. The smallest absolute Gasteiger partial charge is 0.330 e. The largest absolute Gasteiger partial charge is 0.463 e. The molecular weight excluding hydrogens is 233 g/mol. The van der Waals surface area contributed by atoms with Gasteiger partial charge in [-0.1, -0.05) is 6.08 Å². The Bertz CT molecular complexity index is 586. The lowest BCUT2D eigenvalue weighted by Gasteiger charge is -2.01. The fourth-order valence-electron chi connectivity index (χ4n) is 1.77. The number of carbonyl (C=O) groups excluding carboxylic acids is 1. The van der Waals surface area contributed by atoms with Crippen LogP contribution in [0.25, 0.3) is 10.9 Å². The number of benzene rings is 1. The number of rotatable bonds is 4. The van der Waals surface area contributed by atoms with Crippen molar-refractivity contribution in [2.75, 3.05) is 6.61 Å². The van der Waals surface area contributed by atoms with E-state index in [4.69, 9.17) is 4.74 Å². The molecular formula is C14H14FNO2. The Balaban J connectivity index is 2.12. The number of halogens is 1. The van der Waals surface area contributed by atoms with Crippen molar-refractivity contribution in [2.45, 2.75) is 13.5 Å². The number of nitrogens with zero attached hydrogens (tertiary/aromatic N) is 1. The predicted molar refractivity (Wildman–Crippen MR) is 67.7 cm³/mol. The van der Waals surface area contributed by atoms with Gasteiger partial charge in [-0.05, 0) is 36.6 Å². The highest BCUT2D eigenvalue weighted by atomic mass is 19.1. The van der Waals surface area contributed by atoms with Crippen LogP contribution in [0.4, 0.5) is 4.39 Å². The van der Waals surface area contributed by atoms with E-state index >= 15 is 0 Å². The van der Waals surface area contributed by atoms with E-state index in [0.29, 0.717) is 13.2 Å². The summed E-state index contributed by atoms with van der Waals surface area (Å²) in [5, 5.41) is 0.973. The lowest BCUT2D eigenvalue weighted by atomic mass is 10.2. The van der Waals surface area contributed by atoms with Gasteiger partial charge >= 0.3 is 5.97 Å². The molecule has 0 aliphatic carbocycles. The minimum atomic E-state index is -0.361. The number of allylic oxidation sites excluding steroid dienone is 1. The van der Waals surface area contributed by atoms with Crippen LogP contribution in [0.2, 0.25) is 0 Å². The Morgan fingerprint density at radius 2 is 2.28 bits per heavy atom. The molecule has 18 heavy (non-hydrogen) atoms. The highest BCUT2D eigenvalue weighted by Gasteiger charge is 2.01. The summed E-state index contributed by atoms with van der Waals surface area (Å²) in [7, 11) is 0. The number of carbonyl (C=O) groups is 1. The Morgan fingerprint density at radius 1 is 1.44 bits per heavy atom. The second kappa shape index (κ2) is 5.49. The third-order valence-corrected chi connectivity index (χ3v) is 2.58. The third-order valence-electron chi connectivity index (χ3n) is 2.58. The van der Waals surface area contributed by atoms with Crippen LogP contribution in [0.1, 0.15) is 6.92 Å². The number of ether oxygens (including phenoxy) is 1. The number of esters is 1. The van der Waals surface area contributed by atoms with E-state index in [-0.39, 0.29) is 11.8 Å². The highest BCUT2D eigenvalue weighted by molar-refractivity contribution is 5.82. The topological polar surface area (TPSA) is 31.2 Å². The summed E-state index contributed by atoms with van der Waals surface area (Å²) in [5.41, 5.74) is 0.809. The first kappa shape index (κ1) is 12.4. The van der Waals surface area contributed by atoms with Gasteiger partial charge in [0.05, 0.1) is 12.1 Å². The molecule has 4 heteroatoms. The maximum Gasteiger partial charge on any atom is 0.330 e. The molecule has 0 amide bonds. The fraction of sp³-hybridized carbons (Fsp3) is 0.214. The monoisotopic (exact) mass is 247 g/mol. The van der Waals surface area contributed by atoms with E-state index in [0.717, 1.165) is 10.9 Å². The summed E-state index contributed by atoms with van der Waals surface area (Å²) in [4.78, 5) is 11.1. The average molecular weight is 247 g/mol. The van der Waals surface area contributed by atoms with Crippen molar-refractivity contribution in [2.24, 2.45) is 0 Å². The molecule has 0 aliphatic heterocycles. The van der Waals surface area contributed by atoms with Crippen molar-refractivity contribution >= 4 is 16.9 Å². The normalized spacial score (nSPS) is 11.2. The number of hydrogen-bond acceptors (Lipinski definition) is 2. The van der Waals surface area contributed by atoms with Crippen molar-refractivity contribution < 1.29 is 13.9 Å². The van der Waals surface area contributed by atoms with Crippen LogP contribution in [-0.4, -0.2) is 17.1 Å². The lowest BCUT2D eigenvalue weighted by Crippen LogP contribution is -2.00. The first-order valence-electron chi connectivity index (χ1n) is 5.78. The second-order valence-corrected chi connectivity index (χ2v) is 3.83. The Kier molecular flexibility index (Phi) is 3.77. The molecule has 1 aromatic heterocycles. The number of hydrogen-bond donors (Lipinski definition) is 0. The van der Waals surface area contributed by atoms with Gasteiger partial charge in [-0.25, -0.2) is 9.18 Å². The van der Waals surface area contributed by atoms with Crippen LogP contribution in [-0.2, 0) is 16.1 Å². The van der Waals surface area contributed by atoms with E-state index in [2.05, 4.69) is 0 Å². The van der Waals surface area contributed by atoms with Gasteiger partial charge in [0.25, 0.3) is 0 Å². The summed E-state index contributed by atoms with van der Waals surface area (Å²) in [5.74, 6) is -0.628. The molecule has 0 unspecified atom stereocenters. The van der Waals surface area contributed by atoms with Crippen LogP contribution in [0.15, 0.2) is 42.6 Å². The summed E-state index contributed by atoms with van der Waals surface area (Å²) >= 11 is 0. The van der Waals surface area contributed by atoms with Gasteiger partial charge in [0.2, 0.25) is 0 Å². The van der Waals surface area contributed by atoms with Gasteiger partial charge in [-0.2, -0.15) is 0 Å². The van der Waals surface area contributed by atoms with Gasteiger partial charge < -0.3 is 9.30 Å². The highest BCUT2D eigenvalue weighted by Crippen LogP contribution is 2.16. The Labute approximate surface area is 104 Å². The second-order valence-electron chi connectivity index (χ2n) is 3.83. The Hall–Kier alpha value is -2.10. The van der Waals surface area contributed by atoms with Crippen molar-refractivity contribution in [3.05, 3.63) is 48.4 Å². The SMILES string of the molecule is CCOC(=O)/C=C/Cn1ccc2ccc(F)cc21. The maximum absolute atomic E-state index is 13.1. The summed E-state index contributed by atoms with van der Waals surface area (Å²) in [6.45, 7) is 2.63. The van der Waals surface area contributed by atoms with Crippen molar-refractivity contribution in [1.29, 1.82) is 0 Å². The molecule has 3 nitrogen and oxygen atoms in total. The minimum absolute atomic E-state index is 0.267. The maximum atomic E-state index is 13.1. The van der Waals surface area contributed by atoms with Gasteiger partial charge in [0.1, 0.15) is 5.82 Å². The third kappa shape index (κ3) is 2.77. The molecule has 0 atom stereocenters.